The maximum atomic E-state index is 4.40. The highest BCUT2D eigenvalue weighted by molar-refractivity contribution is 7.99. The Morgan fingerprint density at radius 1 is 1.15 bits per heavy atom. The van der Waals surface area contributed by atoms with Gasteiger partial charge < -0.3 is 9.88 Å². The van der Waals surface area contributed by atoms with Crippen LogP contribution in [0.2, 0.25) is 0 Å². The van der Waals surface area contributed by atoms with E-state index in [1.165, 1.54) is 24.4 Å². The molecule has 114 valence electrons. The van der Waals surface area contributed by atoms with E-state index in [4.69, 9.17) is 0 Å². The number of nitrogens with zero attached hydrogens (tertiary/aromatic N) is 3. The van der Waals surface area contributed by atoms with Gasteiger partial charge in [-0.3, -0.25) is 0 Å². The topological polar surface area (TPSA) is 42.7 Å². The Morgan fingerprint density at radius 3 is 2.70 bits per heavy atom. The first kappa shape index (κ1) is 15.8. The fourth-order valence-corrected chi connectivity index (χ4v) is 3.74. The molecule has 0 saturated heterocycles. The van der Waals surface area contributed by atoms with E-state index in [1.54, 1.807) is 0 Å². The Balaban J connectivity index is 1.85. The van der Waals surface area contributed by atoms with Crippen LogP contribution in [0.25, 0.3) is 0 Å². The molecule has 4 nitrogen and oxygen atoms in total. The number of fused-ring (bicyclic) bond motifs is 1. The van der Waals surface area contributed by atoms with Gasteiger partial charge in [-0.15, -0.1) is 10.2 Å². The molecule has 0 fully saturated rings. The molecule has 5 heteroatoms. The van der Waals surface area contributed by atoms with Crippen LogP contribution in [0.3, 0.4) is 0 Å². The van der Waals surface area contributed by atoms with E-state index in [9.17, 15) is 0 Å². The Hall–Kier alpha value is -0.550. The minimum Gasteiger partial charge on any atom is -0.314 e. The lowest BCUT2D eigenvalue weighted by Crippen LogP contribution is -2.33. The second-order valence-electron chi connectivity index (χ2n) is 6.30. The quantitative estimate of drug-likeness (QED) is 0.840. The lowest BCUT2D eigenvalue weighted by atomic mass is 10.1. The van der Waals surface area contributed by atoms with Crippen molar-refractivity contribution in [2.75, 3.05) is 11.5 Å². The number of hydrogen-bond donors (Lipinski definition) is 1. The Labute approximate surface area is 127 Å². The highest BCUT2D eigenvalue weighted by Gasteiger charge is 2.20. The number of hydrogen-bond acceptors (Lipinski definition) is 4. The number of aromatic nitrogens is 3. The molecule has 1 aromatic rings. The van der Waals surface area contributed by atoms with E-state index in [2.05, 4.69) is 47.8 Å². The van der Waals surface area contributed by atoms with Crippen molar-refractivity contribution in [1.82, 2.24) is 20.1 Å². The predicted molar refractivity (Wildman–Crippen MR) is 86.1 cm³/mol. The average molecular weight is 296 g/mol. The van der Waals surface area contributed by atoms with Crippen LogP contribution < -0.4 is 5.32 Å². The first-order chi connectivity index (χ1) is 9.58. The van der Waals surface area contributed by atoms with Gasteiger partial charge in [-0.1, -0.05) is 13.8 Å². The van der Waals surface area contributed by atoms with Gasteiger partial charge in [0.15, 0.2) is 0 Å². The van der Waals surface area contributed by atoms with Crippen molar-refractivity contribution in [2.45, 2.75) is 65.6 Å². The molecular weight excluding hydrogens is 268 g/mol. The first-order valence-electron chi connectivity index (χ1n) is 7.83. The SMILES string of the molecule is CC(C)CSC[C@H](C)N[C@@H](C)c1nnc2n1CCCC2. The van der Waals surface area contributed by atoms with E-state index in [1.807, 2.05) is 11.8 Å². The molecule has 2 rings (SSSR count). The van der Waals surface area contributed by atoms with Gasteiger partial charge in [-0.05, 0) is 38.4 Å². The van der Waals surface area contributed by atoms with Crippen LogP contribution in [0, 0.1) is 5.92 Å². The Bertz CT molecular complexity index is 416. The van der Waals surface area contributed by atoms with Crippen molar-refractivity contribution >= 4 is 11.8 Å². The Kier molecular flexibility index (Phi) is 5.90. The van der Waals surface area contributed by atoms with E-state index < -0.39 is 0 Å². The van der Waals surface area contributed by atoms with Crippen molar-refractivity contribution in [1.29, 1.82) is 0 Å². The third kappa shape index (κ3) is 4.22. The molecule has 20 heavy (non-hydrogen) atoms. The number of thioether (sulfide) groups is 1. The molecule has 0 unspecified atom stereocenters. The zero-order valence-corrected chi connectivity index (χ0v) is 14.0. The fraction of sp³-hybridized carbons (Fsp3) is 0.867. The van der Waals surface area contributed by atoms with Crippen molar-refractivity contribution in [3.63, 3.8) is 0 Å². The normalized spacial score (nSPS) is 18.1. The van der Waals surface area contributed by atoms with Gasteiger partial charge in [-0.2, -0.15) is 11.8 Å². The molecule has 1 aliphatic rings. The molecule has 2 atom stereocenters. The standard InChI is InChI=1S/C15H28N4S/c1-11(2)9-20-10-12(3)16-13(4)15-18-17-14-7-5-6-8-19(14)15/h11-13,16H,5-10H2,1-4H3/t12-,13-/m0/s1. The molecule has 1 aliphatic heterocycles. The number of aryl methyl sites for hydroxylation is 1. The molecule has 0 radical (unpaired) electrons. The molecule has 0 aliphatic carbocycles. The summed E-state index contributed by atoms with van der Waals surface area (Å²) in [5.74, 6) is 5.44. The summed E-state index contributed by atoms with van der Waals surface area (Å²) in [6.45, 7) is 10.1. The van der Waals surface area contributed by atoms with E-state index in [0.29, 0.717) is 6.04 Å². The van der Waals surface area contributed by atoms with E-state index in [0.717, 1.165) is 30.5 Å². The summed E-state index contributed by atoms with van der Waals surface area (Å²) in [5, 5.41) is 12.4. The Morgan fingerprint density at radius 2 is 1.95 bits per heavy atom. The maximum absolute atomic E-state index is 4.40. The van der Waals surface area contributed by atoms with Gasteiger partial charge in [0.2, 0.25) is 0 Å². The van der Waals surface area contributed by atoms with Crippen molar-refractivity contribution < 1.29 is 0 Å². The molecule has 1 N–H and O–H groups in total. The van der Waals surface area contributed by atoms with Gasteiger partial charge in [0, 0.05) is 24.8 Å². The fourth-order valence-electron chi connectivity index (χ4n) is 2.68. The van der Waals surface area contributed by atoms with Crippen LogP contribution in [0.15, 0.2) is 0 Å². The predicted octanol–water partition coefficient (Wildman–Crippen LogP) is 3.04. The number of rotatable bonds is 7. The van der Waals surface area contributed by atoms with Crippen LogP contribution >= 0.6 is 11.8 Å². The van der Waals surface area contributed by atoms with Crippen molar-refractivity contribution in [2.24, 2.45) is 5.92 Å². The van der Waals surface area contributed by atoms with Crippen LogP contribution in [0.1, 0.15) is 58.2 Å². The summed E-state index contributed by atoms with van der Waals surface area (Å²) < 4.78 is 2.31. The first-order valence-corrected chi connectivity index (χ1v) is 8.99. The highest BCUT2D eigenvalue weighted by Crippen LogP contribution is 2.19. The monoisotopic (exact) mass is 296 g/mol. The summed E-state index contributed by atoms with van der Waals surface area (Å²) in [7, 11) is 0. The van der Waals surface area contributed by atoms with Crippen LogP contribution in [-0.4, -0.2) is 32.3 Å². The summed E-state index contributed by atoms with van der Waals surface area (Å²) >= 11 is 2.03. The summed E-state index contributed by atoms with van der Waals surface area (Å²) in [4.78, 5) is 0. The highest BCUT2D eigenvalue weighted by atomic mass is 32.2. The molecule has 2 heterocycles. The average Bonchev–Trinajstić information content (AvgIpc) is 2.82. The minimum atomic E-state index is 0.281. The second kappa shape index (κ2) is 7.46. The third-order valence-electron chi connectivity index (χ3n) is 3.63. The summed E-state index contributed by atoms with van der Waals surface area (Å²) in [6.07, 6.45) is 3.59. The molecule has 0 aromatic carbocycles. The molecule has 1 aromatic heterocycles. The maximum Gasteiger partial charge on any atom is 0.149 e. The van der Waals surface area contributed by atoms with Crippen LogP contribution in [0.4, 0.5) is 0 Å². The molecule has 0 spiro atoms. The molecular formula is C15H28N4S. The van der Waals surface area contributed by atoms with E-state index in [-0.39, 0.29) is 6.04 Å². The summed E-state index contributed by atoms with van der Waals surface area (Å²) in [6, 6.07) is 0.786. The van der Waals surface area contributed by atoms with E-state index >= 15 is 0 Å². The van der Waals surface area contributed by atoms with Gasteiger partial charge in [0.25, 0.3) is 0 Å². The van der Waals surface area contributed by atoms with Gasteiger partial charge in [-0.25, -0.2) is 0 Å². The van der Waals surface area contributed by atoms with Crippen LogP contribution in [0.5, 0.6) is 0 Å². The van der Waals surface area contributed by atoms with Crippen molar-refractivity contribution in [3.8, 4) is 0 Å². The molecule has 0 amide bonds. The molecule has 0 bridgehead atoms. The van der Waals surface area contributed by atoms with Gasteiger partial charge in [0.1, 0.15) is 11.6 Å². The van der Waals surface area contributed by atoms with Gasteiger partial charge in [0.05, 0.1) is 6.04 Å². The van der Waals surface area contributed by atoms with Crippen LogP contribution in [-0.2, 0) is 13.0 Å². The van der Waals surface area contributed by atoms with Crippen molar-refractivity contribution in [3.05, 3.63) is 11.6 Å². The lowest BCUT2D eigenvalue weighted by molar-refractivity contribution is 0.444. The second-order valence-corrected chi connectivity index (χ2v) is 7.38. The zero-order valence-electron chi connectivity index (χ0n) is 13.2. The lowest BCUT2D eigenvalue weighted by Gasteiger charge is -2.22. The third-order valence-corrected chi connectivity index (χ3v) is 5.27. The van der Waals surface area contributed by atoms with Gasteiger partial charge >= 0.3 is 0 Å². The summed E-state index contributed by atoms with van der Waals surface area (Å²) in [5.41, 5.74) is 0. The largest absolute Gasteiger partial charge is 0.314 e. The smallest absolute Gasteiger partial charge is 0.149 e. The number of nitrogens with one attached hydrogen (secondary N) is 1. The molecule has 0 saturated carbocycles. The minimum absolute atomic E-state index is 0.281. The zero-order chi connectivity index (χ0) is 14.5.